The monoisotopic (exact) mass is 374 g/mol. The molecule has 0 aliphatic carbocycles. The smallest absolute Gasteiger partial charge is 0.317 e. The van der Waals surface area contributed by atoms with Gasteiger partial charge in [-0.1, -0.05) is 11.6 Å². The maximum absolute atomic E-state index is 12.2. The highest BCUT2D eigenvalue weighted by molar-refractivity contribution is 7.91. The van der Waals surface area contributed by atoms with E-state index in [0.717, 1.165) is 0 Å². The molecule has 6 nitrogen and oxygen atoms in total. The molecule has 1 aliphatic rings. The van der Waals surface area contributed by atoms with Gasteiger partial charge in [0.1, 0.15) is 0 Å². The number of sulfone groups is 1. The van der Waals surface area contributed by atoms with Gasteiger partial charge in [0.25, 0.3) is 0 Å². The predicted molar refractivity (Wildman–Crippen MR) is 93.1 cm³/mol. The number of carbonyl (C=O) groups excluding carboxylic acids is 1. The van der Waals surface area contributed by atoms with Crippen LogP contribution >= 0.6 is 11.6 Å². The molecule has 1 aliphatic heterocycles. The predicted octanol–water partition coefficient (Wildman–Crippen LogP) is 2.32. The van der Waals surface area contributed by atoms with E-state index in [4.69, 9.17) is 16.3 Å². The summed E-state index contributed by atoms with van der Waals surface area (Å²) < 4.78 is 30.2. The Morgan fingerprint density at radius 2 is 2.00 bits per heavy atom. The number of hydrogen-bond donors (Lipinski definition) is 1. The van der Waals surface area contributed by atoms with Gasteiger partial charge >= 0.3 is 6.03 Å². The molecule has 2 rings (SSSR count). The molecule has 8 heteroatoms. The minimum Gasteiger partial charge on any atom is -0.369 e. The van der Waals surface area contributed by atoms with Gasteiger partial charge in [-0.25, -0.2) is 13.2 Å². The van der Waals surface area contributed by atoms with Crippen molar-refractivity contribution in [2.45, 2.75) is 37.4 Å². The minimum atomic E-state index is -3.45. The third-order valence-corrected chi connectivity index (χ3v) is 5.66. The Morgan fingerprint density at radius 3 is 2.58 bits per heavy atom. The molecule has 1 saturated heterocycles. The van der Waals surface area contributed by atoms with Gasteiger partial charge in [-0.2, -0.15) is 0 Å². The molecule has 0 spiro atoms. The highest BCUT2D eigenvalue weighted by Crippen LogP contribution is 2.20. The van der Waals surface area contributed by atoms with E-state index in [2.05, 4.69) is 5.32 Å². The average molecular weight is 375 g/mol. The lowest BCUT2D eigenvalue weighted by molar-refractivity contribution is -0.117. The summed E-state index contributed by atoms with van der Waals surface area (Å²) in [5.41, 5.74) is -0.412. The number of ether oxygens (including phenoxy) is 1. The third-order valence-electron chi connectivity index (χ3n) is 3.68. The number of rotatable bonds is 4. The van der Waals surface area contributed by atoms with E-state index in [9.17, 15) is 13.2 Å². The fraction of sp³-hybridized carbons (Fsp3) is 0.562. The van der Waals surface area contributed by atoms with Gasteiger partial charge in [0.05, 0.1) is 28.9 Å². The Hall–Kier alpha value is -1.31. The topological polar surface area (TPSA) is 75.7 Å². The van der Waals surface area contributed by atoms with E-state index in [1.807, 2.05) is 20.8 Å². The highest BCUT2D eigenvalue weighted by Gasteiger charge is 2.33. The number of halogens is 1. The van der Waals surface area contributed by atoms with Crippen molar-refractivity contribution in [1.82, 2.24) is 10.2 Å². The van der Waals surface area contributed by atoms with E-state index in [1.165, 1.54) is 24.3 Å². The van der Waals surface area contributed by atoms with Gasteiger partial charge < -0.3 is 15.0 Å². The van der Waals surface area contributed by atoms with Crippen molar-refractivity contribution in [3.8, 4) is 0 Å². The van der Waals surface area contributed by atoms with E-state index in [1.54, 1.807) is 4.90 Å². The molecule has 1 aromatic rings. The van der Waals surface area contributed by atoms with Gasteiger partial charge in [0.15, 0.2) is 9.84 Å². The van der Waals surface area contributed by atoms with Crippen molar-refractivity contribution < 1.29 is 17.9 Å². The molecule has 1 atom stereocenters. The number of hydrogen-bond acceptors (Lipinski definition) is 4. The minimum absolute atomic E-state index is 0.0515. The third kappa shape index (κ3) is 5.09. The van der Waals surface area contributed by atoms with Crippen LogP contribution in [0, 0.1) is 0 Å². The van der Waals surface area contributed by atoms with Gasteiger partial charge in [-0.15, -0.1) is 0 Å². The lowest BCUT2D eigenvalue weighted by Gasteiger charge is -2.41. The Morgan fingerprint density at radius 1 is 1.38 bits per heavy atom. The van der Waals surface area contributed by atoms with Crippen LogP contribution in [0.15, 0.2) is 29.2 Å². The summed E-state index contributed by atoms with van der Waals surface area (Å²) in [4.78, 5) is 14.1. The van der Waals surface area contributed by atoms with Crippen LogP contribution in [-0.2, 0) is 14.6 Å². The van der Waals surface area contributed by atoms with Gasteiger partial charge in [-0.05, 0) is 45.0 Å². The second-order valence-electron chi connectivity index (χ2n) is 6.57. The maximum atomic E-state index is 12.2. The van der Waals surface area contributed by atoms with Gasteiger partial charge in [0.2, 0.25) is 0 Å². The fourth-order valence-electron chi connectivity index (χ4n) is 2.77. The van der Waals surface area contributed by atoms with Gasteiger partial charge in [0, 0.05) is 18.1 Å². The first-order chi connectivity index (χ1) is 11.1. The summed E-state index contributed by atoms with van der Waals surface area (Å²) >= 11 is 5.76. The molecule has 1 heterocycles. The summed E-state index contributed by atoms with van der Waals surface area (Å²) in [5.74, 6) is -0.163. The van der Waals surface area contributed by atoms with Crippen LogP contribution in [0.4, 0.5) is 4.79 Å². The molecule has 0 radical (unpaired) electrons. The van der Waals surface area contributed by atoms with Crippen molar-refractivity contribution in [1.29, 1.82) is 0 Å². The molecule has 0 bridgehead atoms. The fourth-order valence-corrected chi connectivity index (χ4v) is 4.06. The number of carbonyl (C=O) groups is 1. The molecular formula is C16H23ClN2O4S. The standard InChI is InChI=1S/C16H23ClN2O4S/c1-12-10-19(11-16(2,3)23-12)15(20)18-8-9-24(21,22)14-6-4-13(17)5-7-14/h4-7,12H,8-11H2,1-3H3,(H,18,20)/t12-/m0/s1. The zero-order valence-corrected chi connectivity index (χ0v) is 15.7. The largest absolute Gasteiger partial charge is 0.369 e. The number of nitrogens with one attached hydrogen (secondary N) is 1. The zero-order chi connectivity index (χ0) is 18.0. The first kappa shape index (κ1) is 19.0. The number of benzene rings is 1. The summed E-state index contributed by atoms with van der Waals surface area (Å²) in [6, 6.07) is 5.72. The number of amides is 2. The lowest BCUT2D eigenvalue weighted by atomic mass is 10.1. The first-order valence-corrected chi connectivity index (χ1v) is 9.81. The summed E-state index contributed by atoms with van der Waals surface area (Å²) in [7, 11) is -3.45. The molecule has 1 N–H and O–H groups in total. The Labute approximate surface area is 148 Å². The van der Waals surface area contributed by atoms with E-state index in [0.29, 0.717) is 18.1 Å². The molecule has 0 saturated carbocycles. The molecule has 1 fully saturated rings. The molecule has 0 aromatic heterocycles. The molecule has 134 valence electrons. The summed E-state index contributed by atoms with van der Waals surface area (Å²) in [5, 5.41) is 3.15. The molecule has 2 amide bonds. The maximum Gasteiger partial charge on any atom is 0.317 e. The second kappa shape index (κ2) is 7.29. The zero-order valence-electron chi connectivity index (χ0n) is 14.1. The van der Waals surface area contributed by atoms with Crippen LogP contribution in [0.2, 0.25) is 5.02 Å². The normalized spacial score (nSPS) is 20.7. The summed E-state index contributed by atoms with van der Waals surface area (Å²) in [6.45, 7) is 6.76. The van der Waals surface area contributed by atoms with Crippen molar-refractivity contribution in [3.05, 3.63) is 29.3 Å². The quantitative estimate of drug-likeness (QED) is 0.877. The first-order valence-electron chi connectivity index (χ1n) is 7.78. The van der Waals surface area contributed by atoms with Crippen LogP contribution in [0.3, 0.4) is 0 Å². The molecular weight excluding hydrogens is 352 g/mol. The number of morpholine rings is 1. The second-order valence-corrected chi connectivity index (χ2v) is 9.12. The molecule has 0 unspecified atom stereocenters. The molecule has 1 aromatic carbocycles. The number of nitrogens with zero attached hydrogens (tertiary/aromatic N) is 1. The average Bonchev–Trinajstić information content (AvgIpc) is 2.45. The molecule has 24 heavy (non-hydrogen) atoms. The lowest BCUT2D eigenvalue weighted by Crippen LogP contribution is -2.56. The van der Waals surface area contributed by atoms with Crippen LogP contribution in [-0.4, -0.2) is 56.4 Å². The highest BCUT2D eigenvalue weighted by atomic mass is 35.5. The van der Waals surface area contributed by atoms with Crippen molar-refractivity contribution in [3.63, 3.8) is 0 Å². The van der Waals surface area contributed by atoms with Crippen LogP contribution in [0.5, 0.6) is 0 Å². The van der Waals surface area contributed by atoms with Crippen molar-refractivity contribution in [2.24, 2.45) is 0 Å². The van der Waals surface area contributed by atoms with Crippen molar-refractivity contribution in [2.75, 3.05) is 25.4 Å². The van der Waals surface area contributed by atoms with Crippen LogP contribution < -0.4 is 5.32 Å². The van der Waals surface area contributed by atoms with Crippen molar-refractivity contribution >= 4 is 27.5 Å². The van der Waals surface area contributed by atoms with E-state index >= 15 is 0 Å². The SMILES string of the molecule is C[C@H]1CN(C(=O)NCCS(=O)(=O)c2ccc(Cl)cc2)CC(C)(C)O1. The Kier molecular flexibility index (Phi) is 5.78. The van der Waals surface area contributed by atoms with E-state index in [-0.39, 0.29) is 29.3 Å². The van der Waals surface area contributed by atoms with Crippen LogP contribution in [0.1, 0.15) is 20.8 Å². The van der Waals surface area contributed by atoms with Crippen LogP contribution in [0.25, 0.3) is 0 Å². The van der Waals surface area contributed by atoms with E-state index < -0.39 is 15.4 Å². The number of urea groups is 1. The summed E-state index contributed by atoms with van der Waals surface area (Å²) in [6.07, 6.45) is -0.0581. The van der Waals surface area contributed by atoms with Gasteiger partial charge in [-0.3, -0.25) is 0 Å². The Balaban J connectivity index is 1.89. The Bertz CT molecular complexity index is 689.